The van der Waals surface area contributed by atoms with E-state index in [4.69, 9.17) is 4.74 Å². The third kappa shape index (κ3) is 3.96. The lowest BCUT2D eigenvalue weighted by Crippen LogP contribution is -2.46. The number of hydrogen-bond acceptors (Lipinski definition) is 3. The molecule has 1 atom stereocenters. The number of carbonyl (C=O) groups is 2. The van der Waals surface area contributed by atoms with Crippen molar-refractivity contribution in [1.29, 1.82) is 0 Å². The second-order valence-corrected chi connectivity index (χ2v) is 6.35. The minimum Gasteiger partial charge on any atom is -0.481 e. The molecule has 5 nitrogen and oxygen atoms in total. The van der Waals surface area contributed by atoms with Gasteiger partial charge in [-0.15, -0.1) is 0 Å². The normalized spacial score (nSPS) is 25.6. The van der Waals surface area contributed by atoms with Crippen molar-refractivity contribution < 1.29 is 19.4 Å². The van der Waals surface area contributed by atoms with Crippen LogP contribution in [0, 0.1) is 5.41 Å². The average molecular weight is 297 g/mol. The van der Waals surface area contributed by atoms with Crippen molar-refractivity contribution in [3.05, 3.63) is 0 Å². The van der Waals surface area contributed by atoms with Gasteiger partial charge in [0, 0.05) is 26.1 Å². The second kappa shape index (κ2) is 7.25. The molecule has 2 saturated heterocycles. The molecule has 2 aliphatic rings. The summed E-state index contributed by atoms with van der Waals surface area (Å²) >= 11 is 0. The van der Waals surface area contributed by atoms with E-state index in [1.54, 1.807) is 0 Å². The Balaban J connectivity index is 1.76. The molecule has 0 aliphatic carbocycles. The molecule has 0 radical (unpaired) electrons. The van der Waals surface area contributed by atoms with E-state index in [-0.39, 0.29) is 12.0 Å². The molecule has 5 heteroatoms. The van der Waals surface area contributed by atoms with Crippen LogP contribution in [0.2, 0.25) is 0 Å². The fraction of sp³-hybridized carbons (Fsp3) is 0.875. The molecule has 2 heterocycles. The number of carboxylic acid groups (broad SMARTS) is 1. The van der Waals surface area contributed by atoms with E-state index in [1.165, 1.54) is 6.42 Å². The number of ether oxygens (including phenoxy) is 1. The van der Waals surface area contributed by atoms with Crippen LogP contribution in [-0.4, -0.2) is 47.7 Å². The molecular weight excluding hydrogens is 270 g/mol. The van der Waals surface area contributed by atoms with Gasteiger partial charge in [-0.3, -0.25) is 9.59 Å². The van der Waals surface area contributed by atoms with Gasteiger partial charge in [-0.2, -0.15) is 0 Å². The van der Waals surface area contributed by atoms with Crippen molar-refractivity contribution in [1.82, 2.24) is 4.90 Å². The second-order valence-electron chi connectivity index (χ2n) is 6.35. The Kier molecular flexibility index (Phi) is 5.62. The predicted octanol–water partition coefficient (Wildman–Crippen LogP) is 2.44. The van der Waals surface area contributed by atoms with Gasteiger partial charge in [-0.05, 0) is 44.9 Å². The first-order chi connectivity index (χ1) is 10.1. The van der Waals surface area contributed by atoms with Crippen molar-refractivity contribution >= 4 is 11.9 Å². The molecule has 1 amide bonds. The summed E-state index contributed by atoms with van der Waals surface area (Å²) in [6.07, 6.45) is 6.73. The Morgan fingerprint density at radius 2 is 2.00 bits per heavy atom. The predicted molar refractivity (Wildman–Crippen MR) is 79.0 cm³/mol. The average Bonchev–Trinajstić information content (AvgIpc) is 2.53. The van der Waals surface area contributed by atoms with E-state index < -0.39 is 11.4 Å². The maximum absolute atomic E-state index is 12.2. The molecule has 2 aliphatic heterocycles. The van der Waals surface area contributed by atoms with Gasteiger partial charge in [0.1, 0.15) is 0 Å². The van der Waals surface area contributed by atoms with Crippen LogP contribution in [0.15, 0.2) is 0 Å². The summed E-state index contributed by atoms with van der Waals surface area (Å²) in [7, 11) is 0. The van der Waals surface area contributed by atoms with E-state index in [2.05, 4.69) is 0 Å². The van der Waals surface area contributed by atoms with E-state index in [9.17, 15) is 14.7 Å². The van der Waals surface area contributed by atoms with Crippen molar-refractivity contribution in [2.24, 2.45) is 5.41 Å². The standard InChI is InChI=1S/C16H27NO4/c1-2-16(15(19)20)8-10-17(11-9-16)14(18)7-6-13-5-3-4-12-21-13/h13H,2-12H2,1H3,(H,19,20). The number of likely N-dealkylation sites (tertiary alicyclic amines) is 1. The first kappa shape index (κ1) is 16.3. The third-order valence-corrected chi connectivity index (χ3v) is 5.16. The molecule has 1 N–H and O–H groups in total. The van der Waals surface area contributed by atoms with Gasteiger partial charge in [-0.25, -0.2) is 0 Å². The Bertz CT molecular complexity index is 368. The van der Waals surface area contributed by atoms with Crippen LogP contribution >= 0.6 is 0 Å². The summed E-state index contributed by atoms with van der Waals surface area (Å²) < 4.78 is 5.65. The summed E-state index contributed by atoms with van der Waals surface area (Å²) in [5.41, 5.74) is -0.622. The van der Waals surface area contributed by atoms with Crippen molar-refractivity contribution in [3.8, 4) is 0 Å². The highest BCUT2D eigenvalue weighted by atomic mass is 16.5. The van der Waals surface area contributed by atoms with E-state index >= 15 is 0 Å². The number of piperidine rings is 1. The summed E-state index contributed by atoms with van der Waals surface area (Å²) in [6, 6.07) is 0. The fourth-order valence-corrected chi connectivity index (χ4v) is 3.38. The van der Waals surface area contributed by atoms with Crippen LogP contribution in [0.25, 0.3) is 0 Å². The molecular formula is C16H27NO4. The van der Waals surface area contributed by atoms with Crippen LogP contribution < -0.4 is 0 Å². The quantitative estimate of drug-likeness (QED) is 0.846. The Labute approximate surface area is 126 Å². The smallest absolute Gasteiger partial charge is 0.309 e. The van der Waals surface area contributed by atoms with Crippen LogP contribution in [0.4, 0.5) is 0 Å². The lowest BCUT2D eigenvalue weighted by atomic mass is 9.76. The van der Waals surface area contributed by atoms with Crippen molar-refractivity contribution in [2.75, 3.05) is 19.7 Å². The van der Waals surface area contributed by atoms with Gasteiger partial charge in [0.15, 0.2) is 0 Å². The molecule has 120 valence electrons. The fourth-order valence-electron chi connectivity index (χ4n) is 3.38. The summed E-state index contributed by atoms with van der Waals surface area (Å²) in [5.74, 6) is -0.563. The summed E-state index contributed by atoms with van der Waals surface area (Å²) in [6.45, 7) is 3.89. The molecule has 1 unspecified atom stereocenters. The molecule has 21 heavy (non-hydrogen) atoms. The highest BCUT2D eigenvalue weighted by Gasteiger charge is 2.40. The third-order valence-electron chi connectivity index (χ3n) is 5.16. The van der Waals surface area contributed by atoms with E-state index in [0.717, 1.165) is 25.9 Å². The van der Waals surface area contributed by atoms with Gasteiger partial charge < -0.3 is 14.7 Å². The molecule has 0 spiro atoms. The van der Waals surface area contributed by atoms with Gasteiger partial charge in [0.05, 0.1) is 11.5 Å². The van der Waals surface area contributed by atoms with E-state index in [1.807, 2.05) is 11.8 Å². The van der Waals surface area contributed by atoms with Crippen LogP contribution in [0.1, 0.15) is 58.3 Å². The Morgan fingerprint density at radius 1 is 1.29 bits per heavy atom. The van der Waals surface area contributed by atoms with Crippen LogP contribution in [0.5, 0.6) is 0 Å². The molecule has 2 rings (SSSR count). The number of carboxylic acids is 1. The highest BCUT2D eigenvalue weighted by molar-refractivity contribution is 5.78. The first-order valence-electron chi connectivity index (χ1n) is 8.20. The lowest BCUT2D eigenvalue weighted by Gasteiger charge is -2.38. The Morgan fingerprint density at radius 3 is 2.52 bits per heavy atom. The van der Waals surface area contributed by atoms with Crippen LogP contribution in [0.3, 0.4) is 0 Å². The van der Waals surface area contributed by atoms with E-state index in [0.29, 0.717) is 38.8 Å². The van der Waals surface area contributed by atoms with Crippen molar-refractivity contribution in [3.63, 3.8) is 0 Å². The SMILES string of the molecule is CCC1(C(=O)O)CCN(C(=O)CCC2CCCCO2)CC1. The number of rotatable bonds is 5. The van der Waals surface area contributed by atoms with Gasteiger partial charge in [0.2, 0.25) is 5.91 Å². The molecule has 2 fully saturated rings. The maximum Gasteiger partial charge on any atom is 0.309 e. The zero-order valence-corrected chi connectivity index (χ0v) is 13.0. The van der Waals surface area contributed by atoms with Crippen LogP contribution in [-0.2, 0) is 14.3 Å². The lowest BCUT2D eigenvalue weighted by molar-refractivity contribution is -0.154. The molecule has 0 aromatic heterocycles. The molecule has 0 saturated carbocycles. The maximum atomic E-state index is 12.2. The topological polar surface area (TPSA) is 66.8 Å². The summed E-state index contributed by atoms with van der Waals surface area (Å²) in [4.78, 5) is 25.5. The molecule has 0 aromatic rings. The zero-order valence-electron chi connectivity index (χ0n) is 13.0. The number of hydrogen-bond donors (Lipinski definition) is 1. The number of amides is 1. The molecule has 0 aromatic carbocycles. The number of aliphatic carboxylic acids is 1. The number of carbonyl (C=O) groups excluding carboxylic acids is 1. The number of nitrogens with zero attached hydrogens (tertiary/aromatic N) is 1. The monoisotopic (exact) mass is 297 g/mol. The largest absolute Gasteiger partial charge is 0.481 e. The van der Waals surface area contributed by atoms with Gasteiger partial charge in [-0.1, -0.05) is 6.92 Å². The minimum atomic E-state index is -0.715. The highest BCUT2D eigenvalue weighted by Crippen LogP contribution is 2.35. The first-order valence-corrected chi connectivity index (χ1v) is 8.20. The zero-order chi connectivity index (χ0) is 15.3. The van der Waals surface area contributed by atoms with Gasteiger partial charge >= 0.3 is 5.97 Å². The van der Waals surface area contributed by atoms with Gasteiger partial charge in [0.25, 0.3) is 0 Å². The molecule has 0 bridgehead atoms. The summed E-state index contributed by atoms with van der Waals surface area (Å²) in [5, 5.41) is 9.37. The van der Waals surface area contributed by atoms with Crippen molar-refractivity contribution in [2.45, 2.75) is 64.4 Å². The minimum absolute atomic E-state index is 0.152. The Hall–Kier alpha value is -1.10.